The highest BCUT2D eigenvalue weighted by Crippen LogP contribution is 2.16. The molecule has 1 unspecified atom stereocenters. The van der Waals surface area contributed by atoms with Crippen LogP contribution in [0.1, 0.15) is 6.42 Å². The zero-order valence-corrected chi connectivity index (χ0v) is 11.4. The number of hydrogen-bond acceptors (Lipinski definition) is 4. The van der Waals surface area contributed by atoms with Crippen LogP contribution in [0, 0.1) is 12.3 Å². The van der Waals surface area contributed by atoms with Gasteiger partial charge in [-0.05, 0) is 0 Å². The van der Waals surface area contributed by atoms with Crippen LogP contribution in [0.4, 0.5) is 4.79 Å². The Balaban J connectivity index is 2.88. The molecule has 106 valence electrons. The number of terminal acetylenes is 1. The number of amides is 2. The molecule has 0 aromatic heterocycles. The Bertz CT molecular complexity index is 508. The minimum atomic E-state index is -3.30. The molecule has 1 aliphatic rings. The van der Waals surface area contributed by atoms with Gasteiger partial charge in [0.25, 0.3) is 0 Å². The Labute approximate surface area is 112 Å². The number of urea groups is 1. The van der Waals surface area contributed by atoms with E-state index in [2.05, 4.69) is 5.92 Å². The largest absolute Gasteiger partial charge is 0.481 e. The molecular weight excluding hydrogens is 272 g/mol. The third kappa shape index (κ3) is 4.13. The van der Waals surface area contributed by atoms with E-state index in [0.29, 0.717) is 0 Å². The second-order valence-corrected chi connectivity index (χ2v) is 6.63. The summed E-state index contributed by atoms with van der Waals surface area (Å²) in [5, 5.41) is 8.80. The standard InChI is InChI=1S/C11H16N2O5S/c1-3-4-12(2)11(16)13-5-6-19(17,18)8-9(13)7-10(14)15/h1,9H,4-8H2,2H3,(H,14,15). The maximum atomic E-state index is 12.1. The third-order valence-electron chi connectivity index (χ3n) is 2.84. The molecule has 1 N–H and O–H groups in total. The van der Waals surface area contributed by atoms with Crippen molar-refractivity contribution in [2.24, 2.45) is 0 Å². The van der Waals surface area contributed by atoms with Gasteiger partial charge in [-0.15, -0.1) is 6.42 Å². The molecular formula is C11H16N2O5S. The number of hydrogen-bond donors (Lipinski definition) is 1. The van der Waals surface area contributed by atoms with Crippen LogP contribution in [0.5, 0.6) is 0 Å². The first-order valence-corrected chi connectivity index (χ1v) is 7.46. The first-order valence-electron chi connectivity index (χ1n) is 5.64. The average Bonchev–Trinajstić information content (AvgIpc) is 2.26. The highest BCUT2D eigenvalue weighted by Gasteiger charge is 2.36. The van der Waals surface area contributed by atoms with Crippen molar-refractivity contribution in [3.8, 4) is 12.3 Å². The molecule has 1 fully saturated rings. The number of carboxylic acids is 1. The number of rotatable bonds is 3. The van der Waals surface area contributed by atoms with Gasteiger partial charge in [0, 0.05) is 13.6 Å². The summed E-state index contributed by atoms with van der Waals surface area (Å²) in [4.78, 5) is 25.4. The molecule has 0 aromatic rings. The van der Waals surface area contributed by atoms with Crippen LogP contribution >= 0.6 is 0 Å². The van der Waals surface area contributed by atoms with E-state index in [-0.39, 0.29) is 24.6 Å². The van der Waals surface area contributed by atoms with Gasteiger partial charge in [-0.3, -0.25) is 4.79 Å². The molecule has 0 spiro atoms. The average molecular weight is 288 g/mol. The van der Waals surface area contributed by atoms with Crippen molar-refractivity contribution in [3.05, 3.63) is 0 Å². The predicted molar refractivity (Wildman–Crippen MR) is 68.3 cm³/mol. The van der Waals surface area contributed by atoms with Crippen molar-refractivity contribution in [2.75, 3.05) is 31.6 Å². The Morgan fingerprint density at radius 1 is 1.53 bits per heavy atom. The minimum absolute atomic E-state index is 0.00593. The van der Waals surface area contributed by atoms with Gasteiger partial charge in [0.05, 0.1) is 30.5 Å². The lowest BCUT2D eigenvalue weighted by Crippen LogP contribution is -2.55. The number of sulfone groups is 1. The van der Waals surface area contributed by atoms with Crippen molar-refractivity contribution < 1.29 is 23.1 Å². The number of carboxylic acid groups (broad SMARTS) is 1. The van der Waals surface area contributed by atoms with Crippen LogP contribution in [0.3, 0.4) is 0 Å². The van der Waals surface area contributed by atoms with Gasteiger partial charge in [-0.1, -0.05) is 5.92 Å². The van der Waals surface area contributed by atoms with Crippen molar-refractivity contribution in [3.63, 3.8) is 0 Å². The number of carbonyl (C=O) groups is 2. The maximum Gasteiger partial charge on any atom is 0.320 e. The molecule has 2 amide bonds. The quantitative estimate of drug-likeness (QED) is 0.689. The number of nitrogens with zero attached hydrogens (tertiary/aromatic N) is 2. The third-order valence-corrected chi connectivity index (χ3v) is 4.54. The highest BCUT2D eigenvalue weighted by atomic mass is 32.2. The fourth-order valence-corrected chi connectivity index (χ4v) is 3.46. The van der Waals surface area contributed by atoms with Crippen LogP contribution in [-0.2, 0) is 14.6 Å². The molecule has 7 nitrogen and oxygen atoms in total. The topological polar surface area (TPSA) is 95.0 Å². The lowest BCUT2D eigenvalue weighted by molar-refractivity contribution is -0.138. The van der Waals surface area contributed by atoms with Crippen molar-refractivity contribution in [1.29, 1.82) is 0 Å². The highest BCUT2D eigenvalue weighted by molar-refractivity contribution is 7.91. The molecule has 0 saturated carbocycles. The fraction of sp³-hybridized carbons (Fsp3) is 0.636. The summed E-state index contributed by atoms with van der Waals surface area (Å²) in [6, 6.07) is -1.29. The SMILES string of the molecule is C#CCN(C)C(=O)N1CCS(=O)(=O)CC1CC(=O)O. The van der Waals surface area contributed by atoms with Crippen LogP contribution in [0.2, 0.25) is 0 Å². The predicted octanol–water partition coefficient (Wildman–Crippen LogP) is -0.755. The molecule has 0 aromatic carbocycles. The molecule has 0 aliphatic carbocycles. The van der Waals surface area contributed by atoms with Crippen LogP contribution in [-0.4, -0.2) is 73.0 Å². The molecule has 0 radical (unpaired) electrons. The minimum Gasteiger partial charge on any atom is -0.481 e. The van der Waals surface area contributed by atoms with E-state index in [1.807, 2.05) is 0 Å². The maximum absolute atomic E-state index is 12.1. The van der Waals surface area contributed by atoms with E-state index in [4.69, 9.17) is 11.5 Å². The Hall–Kier alpha value is -1.75. The Morgan fingerprint density at radius 2 is 2.16 bits per heavy atom. The lowest BCUT2D eigenvalue weighted by Gasteiger charge is -2.36. The summed E-state index contributed by atoms with van der Waals surface area (Å²) in [5.74, 6) is 0.685. The molecule has 1 aliphatic heterocycles. The molecule has 1 rings (SSSR count). The van der Waals surface area contributed by atoms with Crippen LogP contribution < -0.4 is 0 Å². The monoisotopic (exact) mass is 288 g/mol. The number of aliphatic carboxylic acids is 1. The van der Waals surface area contributed by atoms with Crippen molar-refractivity contribution >= 4 is 21.8 Å². The van der Waals surface area contributed by atoms with Gasteiger partial charge < -0.3 is 14.9 Å². The summed E-state index contributed by atoms with van der Waals surface area (Å²) in [5.41, 5.74) is 0. The van der Waals surface area contributed by atoms with Crippen molar-refractivity contribution in [2.45, 2.75) is 12.5 Å². The van der Waals surface area contributed by atoms with E-state index < -0.39 is 34.3 Å². The normalized spacial score (nSPS) is 21.5. The lowest BCUT2D eigenvalue weighted by atomic mass is 10.2. The summed E-state index contributed by atoms with van der Waals surface area (Å²) in [6.07, 6.45) is 4.71. The summed E-state index contributed by atoms with van der Waals surface area (Å²) >= 11 is 0. The van der Waals surface area contributed by atoms with Crippen molar-refractivity contribution in [1.82, 2.24) is 9.80 Å². The zero-order valence-electron chi connectivity index (χ0n) is 10.6. The number of carbonyl (C=O) groups excluding carboxylic acids is 1. The molecule has 19 heavy (non-hydrogen) atoms. The van der Waals surface area contributed by atoms with Gasteiger partial charge in [-0.2, -0.15) is 0 Å². The summed E-state index contributed by atoms with van der Waals surface area (Å²) in [7, 11) is -1.81. The van der Waals surface area contributed by atoms with E-state index >= 15 is 0 Å². The van der Waals surface area contributed by atoms with Gasteiger partial charge in [0.15, 0.2) is 9.84 Å². The smallest absolute Gasteiger partial charge is 0.320 e. The summed E-state index contributed by atoms with van der Waals surface area (Å²) < 4.78 is 23.1. The van der Waals surface area contributed by atoms with E-state index in [1.165, 1.54) is 16.8 Å². The second-order valence-electron chi connectivity index (χ2n) is 4.40. The molecule has 8 heteroatoms. The Kier molecular flexibility index (Phi) is 4.78. The van der Waals surface area contributed by atoms with Gasteiger partial charge in [-0.25, -0.2) is 13.2 Å². The first-order chi connectivity index (χ1) is 8.76. The van der Waals surface area contributed by atoms with Crippen LogP contribution in [0.15, 0.2) is 0 Å². The Morgan fingerprint density at radius 3 is 2.68 bits per heavy atom. The second kappa shape index (κ2) is 5.93. The van der Waals surface area contributed by atoms with Crippen LogP contribution in [0.25, 0.3) is 0 Å². The molecule has 0 bridgehead atoms. The summed E-state index contributed by atoms with van der Waals surface area (Å²) in [6.45, 7) is 0.0793. The zero-order chi connectivity index (χ0) is 14.6. The molecule has 1 saturated heterocycles. The van der Waals surface area contributed by atoms with E-state index in [1.54, 1.807) is 0 Å². The first kappa shape index (κ1) is 15.3. The van der Waals surface area contributed by atoms with E-state index in [9.17, 15) is 18.0 Å². The van der Waals surface area contributed by atoms with E-state index in [0.717, 1.165) is 0 Å². The van der Waals surface area contributed by atoms with Gasteiger partial charge in [0.1, 0.15) is 0 Å². The van der Waals surface area contributed by atoms with Gasteiger partial charge in [0.2, 0.25) is 0 Å². The molecule has 1 heterocycles. The molecule has 1 atom stereocenters. The van der Waals surface area contributed by atoms with Gasteiger partial charge >= 0.3 is 12.0 Å². The fourth-order valence-electron chi connectivity index (χ4n) is 1.93.